The molecule has 0 amide bonds. The van der Waals surface area contributed by atoms with Crippen LogP contribution in [0.25, 0.3) is 0 Å². The summed E-state index contributed by atoms with van der Waals surface area (Å²) in [7, 11) is -4.67. The van der Waals surface area contributed by atoms with Crippen molar-refractivity contribution in [2.24, 2.45) is 0 Å². The SMILES string of the molecule is CCC.O=S(=O)(O)O.OCCO. The van der Waals surface area contributed by atoms with Gasteiger partial charge < -0.3 is 10.2 Å². The van der Waals surface area contributed by atoms with Crippen molar-refractivity contribution in [2.45, 2.75) is 20.3 Å². The molecule has 0 aromatic carbocycles. The number of hydrogen-bond acceptors (Lipinski definition) is 4. The van der Waals surface area contributed by atoms with Crippen LogP contribution in [-0.4, -0.2) is 41.0 Å². The van der Waals surface area contributed by atoms with Crippen LogP contribution in [0.1, 0.15) is 20.3 Å². The van der Waals surface area contributed by atoms with E-state index in [1.165, 1.54) is 6.42 Å². The van der Waals surface area contributed by atoms with Crippen LogP contribution in [0, 0.1) is 0 Å². The summed E-state index contributed by atoms with van der Waals surface area (Å²) in [6, 6.07) is 0. The molecule has 0 saturated heterocycles. The van der Waals surface area contributed by atoms with Crippen LogP contribution in [0.15, 0.2) is 0 Å². The molecule has 0 radical (unpaired) electrons. The first-order valence-corrected chi connectivity index (χ1v) is 4.64. The van der Waals surface area contributed by atoms with Crippen molar-refractivity contribution in [1.82, 2.24) is 0 Å². The van der Waals surface area contributed by atoms with Gasteiger partial charge in [0.2, 0.25) is 0 Å². The van der Waals surface area contributed by atoms with Gasteiger partial charge in [0.15, 0.2) is 0 Å². The molecular formula is C5H16O6S. The summed E-state index contributed by atoms with van der Waals surface area (Å²) in [6.07, 6.45) is 1.25. The first kappa shape index (κ1) is 17.8. The Morgan fingerprint density at radius 3 is 1.08 bits per heavy atom. The molecule has 0 spiro atoms. The average Bonchev–Trinajstić information content (AvgIpc) is 1.85. The third kappa shape index (κ3) is 1210. The van der Waals surface area contributed by atoms with Crippen LogP contribution in [0.2, 0.25) is 0 Å². The summed E-state index contributed by atoms with van der Waals surface area (Å²) in [5.74, 6) is 0. The zero-order valence-corrected chi connectivity index (χ0v) is 7.95. The zero-order chi connectivity index (χ0) is 10.6. The Morgan fingerprint density at radius 2 is 1.08 bits per heavy atom. The van der Waals surface area contributed by atoms with E-state index in [9.17, 15) is 0 Å². The molecule has 0 heterocycles. The Hall–Kier alpha value is -0.210. The topological polar surface area (TPSA) is 115 Å². The van der Waals surface area contributed by atoms with Crippen molar-refractivity contribution in [3.8, 4) is 0 Å². The smallest absolute Gasteiger partial charge is 0.394 e. The van der Waals surface area contributed by atoms with Crippen molar-refractivity contribution in [1.29, 1.82) is 0 Å². The maximum atomic E-state index is 8.74. The monoisotopic (exact) mass is 204 g/mol. The van der Waals surface area contributed by atoms with Gasteiger partial charge in [0, 0.05) is 0 Å². The van der Waals surface area contributed by atoms with Crippen molar-refractivity contribution in [3.63, 3.8) is 0 Å². The summed E-state index contributed by atoms with van der Waals surface area (Å²) >= 11 is 0. The number of aliphatic hydroxyl groups is 2. The molecule has 0 bridgehead atoms. The Labute approximate surface area is 72.4 Å². The lowest BCUT2D eigenvalue weighted by atomic mass is 10.6. The van der Waals surface area contributed by atoms with E-state index in [1.54, 1.807) is 0 Å². The Bertz CT molecular complexity index is 130. The lowest BCUT2D eigenvalue weighted by Gasteiger charge is -1.70. The minimum absolute atomic E-state index is 0.125. The summed E-state index contributed by atoms with van der Waals surface area (Å²) in [5, 5.41) is 15.2. The molecule has 0 saturated carbocycles. The predicted molar refractivity (Wildman–Crippen MR) is 44.3 cm³/mol. The van der Waals surface area contributed by atoms with E-state index < -0.39 is 10.4 Å². The van der Waals surface area contributed by atoms with Crippen LogP contribution in [-0.2, 0) is 10.4 Å². The van der Waals surface area contributed by atoms with Crippen molar-refractivity contribution < 1.29 is 27.7 Å². The molecule has 78 valence electrons. The van der Waals surface area contributed by atoms with Gasteiger partial charge in [-0.1, -0.05) is 20.3 Å². The van der Waals surface area contributed by atoms with Crippen LogP contribution < -0.4 is 0 Å². The van der Waals surface area contributed by atoms with Crippen molar-refractivity contribution >= 4 is 10.4 Å². The van der Waals surface area contributed by atoms with Gasteiger partial charge in [-0.3, -0.25) is 9.11 Å². The van der Waals surface area contributed by atoms with Gasteiger partial charge in [0.05, 0.1) is 13.2 Å². The highest BCUT2D eigenvalue weighted by molar-refractivity contribution is 7.79. The van der Waals surface area contributed by atoms with Gasteiger partial charge in [-0.15, -0.1) is 0 Å². The van der Waals surface area contributed by atoms with Gasteiger partial charge in [0.25, 0.3) is 0 Å². The van der Waals surface area contributed by atoms with Crippen LogP contribution in [0.5, 0.6) is 0 Å². The molecule has 12 heavy (non-hydrogen) atoms. The van der Waals surface area contributed by atoms with E-state index in [1.807, 2.05) is 0 Å². The molecule has 7 heteroatoms. The largest absolute Gasteiger partial charge is 0.394 e. The lowest BCUT2D eigenvalue weighted by Crippen LogP contribution is -1.89. The second-order valence-electron chi connectivity index (χ2n) is 1.60. The predicted octanol–water partition coefficient (Wildman–Crippen LogP) is -0.265. The maximum Gasteiger partial charge on any atom is 0.394 e. The third-order valence-electron chi connectivity index (χ3n) is 0.1000. The summed E-state index contributed by atoms with van der Waals surface area (Å²) in [6.45, 7) is 4.00. The maximum absolute atomic E-state index is 8.74. The first-order chi connectivity index (χ1) is 5.33. The summed E-state index contributed by atoms with van der Waals surface area (Å²) in [5.41, 5.74) is 0. The molecule has 0 aromatic rings. The quantitative estimate of drug-likeness (QED) is 0.437. The lowest BCUT2D eigenvalue weighted by molar-refractivity contribution is 0.186. The number of aliphatic hydroxyl groups excluding tert-OH is 2. The van der Waals surface area contributed by atoms with E-state index >= 15 is 0 Å². The molecule has 0 aliphatic carbocycles. The van der Waals surface area contributed by atoms with Gasteiger partial charge in [-0.05, 0) is 0 Å². The van der Waals surface area contributed by atoms with E-state index in [4.69, 9.17) is 27.7 Å². The number of rotatable bonds is 1. The number of hydrogen-bond donors (Lipinski definition) is 4. The van der Waals surface area contributed by atoms with Crippen molar-refractivity contribution in [2.75, 3.05) is 13.2 Å². The molecule has 0 atom stereocenters. The van der Waals surface area contributed by atoms with E-state index in [2.05, 4.69) is 13.8 Å². The summed E-state index contributed by atoms with van der Waals surface area (Å²) < 4.78 is 31.6. The Balaban J connectivity index is -0.000000105. The molecule has 0 aliphatic heterocycles. The highest BCUT2D eigenvalue weighted by Crippen LogP contribution is 1.59. The molecule has 0 rings (SSSR count). The average molecular weight is 204 g/mol. The second kappa shape index (κ2) is 13.4. The third-order valence-corrected chi connectivity index (χ3v) is 0.1000. The van der Waals surface area contributed by atoms with Crippen LogP contribution in [0.3, 0.4) is 0 Å². The van der Waals surface area contributed by atoms with E-state index in [0.717, 1.165) is 0 Å². The molecule has 6 nitrogen and oxygen atoms in total. The Kier molecular flexibility index (Phi) is 19.8. The zero-order valence-electron chi connectivity index (χ0n) is 7.13. The van der Waals surface area contributed by atoms with E-state index in [-0.39, 0.29) is 13.2 Å². The molecule has 0 aliphatic rings. The fraction of sp³-hybridized carbons (Fsp3) is 1.00. The molecule has 4 N–H and O–H groups in total. The van der Waals surface area contributed by atoms with Crippen LogP contribution >= 0.6 is 0 Å². The van der Waals surface area contributed by atoms with Crippen molar-refractivity contribution in [3.05, 3.63) is 0 Å². The molecule has 0 unspecified atom stereocenters. The fourth-order valence-corrected chi connectivity index (χ4v) is 0. The normalized spacial score (nSPS) is 8.83. The van der Waals surface area contributed by atoms with Gasteiger partial charge >= 0.3 is 10.4 Å². The first-order valence-electron chi connectivity index (χ1n) is 3.25. The standard InChI is InChI=1S/C3H8.C2H6O2.H2O4S/c1-3-2;3-1-2-4;1-5(2,3)4/h3H2,1-2H3;3-4H,1-2H2;(H2,1,2,3,4). The van der Waals surface area contributed by atoms with Gasteiger partial charge in [-0.2, -0.15) is 8.42 Å². The van der Waals surface area contributed by atoms with Gasteiger partial charge in [0.1, 0.15) is 0 Å². The molecule has 0 fully saturated rings. The highest BCUT2D eigenvalue weighted by atomic mass is 32.3. The highest BCUT2D eigenvalue weighted by Gasteiger charge is 1.84. The molecular weight excluding hydrogens is 188 g/mol. The van der Waals surface area contributed by atoms with Crippen LogP contribution in [0.4, 0.5) is 0 Å². The minimum atomic E-state index is -4.67. The molecule has 0 aromatic heterocycles. The fourth-order valence-electron chi connectivity index (χ4n) is 0. The van der Waals surface area contributed by atoms with E-state index in [0.29, 0.717) is 0 Å². The summed E-state index contributed by atoms with van der Waals surface area (Å²) in [4.78, 5) is 0. The van der Waals surface area contributed by atoms with Gasteiger partial charge in [-0.25, -0.2) is 0 Å². The second-order valence-corrected chi connectivity index (χ2v) is 2.50. The minimum Gasteiger partial charge on any atom is -0.394 e. The Morgan fingerprint density at radius 1 is 1.00 bits per heavy atom.